The molecule has 0 radical (unpaired) electrons. The molecule has 0 aliphatic rings. The van der Waals surface area contributed by atoms with Crippen LogP contribution >= 0.6 is 11.6 Å². The van der Waals surface area contributed by atoms with Gasteiger partial charge in [0.05, 0.1) is 0 Å². The second-order valence-electron chi connectivity index (χ2n) is 4.01. The Balaban J connectivity index is 1.92. The van der Waals surface area contributed by atoms with Crippen LogP contribution in [0.25, 0.3) is 0 Å². The molecule has 0 fully saturated rings. The third-order valence-electron chi connectivity index (χ3n) is 2.73. The summed E-state index contributed by atoms with van der Waals surface area (Å²) < 4.78 is 0. The van der Waals surface area contributed by atoms with Gasteiger partial charge in [-0.3, -0.25) is 4.98 Å². The molecule has 0 saturated heterocycles. The van der Waals surface area contributed by atoms with E-state index in [1.165, 1.54) is 11.1 Å². The highest BCUT2D eigenvalue weighted by Crippen LogP contribution is 2.13. The van der Waals surface area contributed by atoms with Crippen molar-refractivity contribution in [3.8, 4) is 0 Å². The zero-order valence-corrected chi connectivity index (χ0v) is 10.5. The zero-order chi connectivity index (χ0) is 12.1. The molecule has 0 aliphatic carbocycles. The molecule has 1 aromatic heterocycles. The number of pyridine rings is 1. The number of rotatable bonds is 4. The highest BCUT2D eigenvalue weighted by atomic mass is 35.5. The average molecular weight is 247 g/mol. The number of hydrogen-bond acceptors (Lipinski definition) is 2. The maximum absolute atomic E-state index is 5.84. The number of hydrogen-bond donors (Lipinski definition) is 1. The van der Waals surface area contributed by atoms with Crippen LogP contribution in [0.2, 0.25) is 5.02 Å². The molecule has 17 heavy (non-hydrogen) atoms. The van der Waals surface area contributed by atoms with Gasteiger partial charge < -0.3 is 5.32 Å². The summed E-state index contributed by atoms with van der Waals surface area (Å²) in [6.45, 7) is 2.98. The molecule has 0 saturated carbocycles. The molecule has 1 heterocycles. The molecular formula is C14H15ClN2. The van der Waals surface area contributed by atoms with Crippen LogP contribution in [-0.2, 0) is 6.54 Å². The second kappa shape index (κ2) is 5.80. The Morgan fingerprint density at radius 1 is 1.12 bits per heavy atom. The van der Waals surface area contributed by atoms with E-state index in [2.05, 4.69) is 17.2 Å². The fourth-order valence-corrected chi connectivity index (χ4v) is 1.77. The molecule has 1 aromatic carbocycles. The van der Waals surface area contributed by atoms with Crippen molar-refractivity contribution >= 4 is 11.6 Å². The van der Waals surface area contributed by atoms with Gasteiger partial charge in [0, 0.05) is 30.0 Å². The van der Waals surface area contributed by atoms with Crippen LogP contribution in [0, 0.1) is 0 Å². The molecule has 0 aliphatic heterocycles. The van der Waals surface area contributed by atoms with Crippen molar-refractivity contribution in [1.29, 1.82) is 0 Å². The zero-order valence-electron chi connectivity index (χ0n) is 9.73. The summed E-state index contributed by atoms with van der Waals surface area (Å²) >= 11 is 5.84. The number of nitrogens with one attached hydrogen (secondary N) is 1. The van der Waals surface area contributed by atoms with Crippen LogP contribution in [0.15, 0.2) is 48.8 Å². The molecule has 3 heteroatoms. The summed E-state index contributed by atoms with van der Waals surface area (Å²) in [5.74, 6) is 0. The van der Waals surface area contributed by atoms with E-state index >= 15 is 0 Å². The molecular weight excluding hydrogens is 232 g/mol. The SMILES string of the molecule is C[C@@H](NCc1ccc(Cl)cc1)c1ccncc1. The Kier molecular flexibility index (Phi) is 4.13. The van der Waals surface area contributed by atoms with E-state index in [1.807, 2.05) is 48.8 Å². The number of halogens is 1. The first-order valence-corrected chi connectivity index (χ1v) is 6.01. The molecule has 2 nitrogen and oxygen atoms in total. The highest BCUT2D eigenvalue weighted by Gasteiger charge is 2.03. The summed E-state index contributed by atoms with van der Waals surface area (Å²) in [5, 5.41) is 4.24. The molecule has 2 aromatic rings. The Hall–Kier alpha value is -1.38. The molecule has 1 atom stereocenters. The van der Waals surface area contributed by atoms with Gasteiger partial charge in [0.15, 0.2) is 0 Å². The predicted molar refractivity (Wildman–Crippen MR) is 70.9 cm³/mol. The van der Waals surface area contributed by atoms with E-state index in [9.17, 15) is 0 Å². The topological polar surface area (TPSA) is 24.9 Å². The minimum absolute atomic E-state index is 0.314. The van der Waals surface area contributed by atoms with Gasteiger partial charge in [-0.2, -0.15) is 0 Å². The quantitative estimate of drug-likeness (QED) is 0.892. The third-order valence-corrected chi connectivity index (χ3v) is 2.98. The lowest BCUT2D eigenvalue weighted by Crippen LogP contribution is -2.17. The maximum atomic E-state index is 5.84. The van der Waals surface area contributed by atoms with E-state index in [-0.39, 0.29) is 0 Å². The monoisotopic (exact) mass is 246 g/mol. The first-order valence-electron chi connectivity index (χ1n) is 5.63. The van der Waals surface area contributed by atoms with E-state index in [0.717, 1.165) is 11.6 Å². The number of aromatic nitrogens is 1. The first-order chi connectivity index (χ1) is 8.25. The van der Waals surface area contributed by atoms with Crippen LogP contribution < -0.4 is 5.32 Å². The van der Waals surface area contributed by atoms with E-state index in [1.54, 1.807) is 0 Å². The highest BCUT2D eigenvalue weighted by molar-refractivity contribution is 6.30. The van der Waals surface area contributed by atoms with Crippen LogP contribution in [0.3, 0.4) is 0 Å². The van der Waals surface area contributed by atoms with Gasteiger partial charge in [-0.05, 0) is 42.3 Å². The van der Waals surface area contributed by atoms with Gasteiger partial charge in [0.2, 0.25) is 0 Å². The average Bonchev–Trinajstić information content (AvgIpc) is 2.39. The lowest BCUT2D eigenvalue weighted by molar-refractivity contribution is 0.574. The van der Waals surface area contributed by atoms with E-state index in [4.69, 9.17) is 11.6 Å². The number of benzene rings is 1. The van der Waals surface area contributed by atoms with Gasteiger partial charge in [-0.15, -0.1) is 0 Å². The summed E-state index contributed by atoms with van der Waals surface area (Å²) in [5.41, 5.74) is 2.48. The molecule has 0 spiro atoms. The fraction of sp³-hybridized carbons (Fsp3) is 0.214. The van der Waals surface area contributed by atoms with Gasteiger partial charge >= 0.3 is 0 Å². The smallest absolute Gasteiger partial charge is 0.0406 e. The summed E-state index contributed by atoms with van der Waals surface area (Å²) in [6.07, 6.45) is 3.63. The van der Waals surface area contributed by atoms with E-state index < -0.39 is 0 Å². The minimum Gasteiger partial charge on any atom is -0.306 e. The summed E-state index contributed by atoms with van der Waals surface area (Å²) in [4.78, 5) is 4.01. The van der Waals surface area contributed by atoms with Crippen molar-refractivity contribution in [2.24, 2.45) is 0 Å². The minimum atomic E-state index is 0.314. The van der Waals surface area contributed by atoms with Gasteiger partial charge in [0.1, 0.15) is 0 Å². The van der Waals surface area contributed by atoms with Crippen molar-refractivity contribution in [2.45, 2.75) is 19.5 Å². The van der Waals surface area contributed by atoms with Crippen LogP contribution in [0.1, 0.15) is 24.1 Å². The van der Waals surface area contributed by atoms with Crippen LogP contribution in [-0.4, -0.2) is 4.98 Å². The molecule has 1 N–H and O–H groups in total. The second-order valence-corrected chi connectivity index (χ2v) is 4.45. The molecule has 88 valence electrons. The largest absolute Gasteiger partial charge is 0.306 e. The lowest BCUT2D eigenvalue weighted by atomic mass is 10.1. The van der Waals surface area contributed by atoms with Crippen molar-refractivity contribution in [3.63, 3.8) is 0 Å². The van der Waals surface area contributed by atoms with Crippen LogP contribution in [0.4, 0.5) is 0 Å². The third kappa shape index (κ3) is 3.55. The van der Waals surface area contributed by atoms with Crippen LogP contribution in [0.5, 0.6) is 0 Å². The summed E-state index contributed by atoms with van der Waals surface area (Å²) in [7, 11) is 0. The molecule has 0 amide bonds. The Morgan fingerprint density at radius 3 is 2.41 bits per heavy atom. The maximum Gasteiger partial charge on any atom is 0.0406 e. The van der Waals surface area contributed by atoms with Gasteiger partial charge in [0.25, 0.3) is 0 Å². The van der Waals surface area contributed by atoms with Crippen molar-refractivity contribution in [1.82, 2.24) is 10.3 Å². The van der Waals surface area contributed by atoms with Crippen molar-refractivity contribution in [3.05, 3.63) is 64.9 Å². The van der Waals surface area contributed by atoms with Crippen molar-refractivity contribution in [2.75, 3.05) is 0 Å². The van der Waals surface area contributed by atoms with Crippen molar-refractivity contribution < 1.29 is 0 Å². The predicted octanol–water partition coefficient (Wildman–Crippen LogP) is 3.59. The lowest BCUT2D eigenvalue weighted by Gasteiger charge is -2.13. The molecule has 0 bridgehead atoms. The summed E-state index contributed by atoms with van der Waals surface area (Å²) in [6, 6.07) is 12.3. The van der Waals surface area contributed by atoms with Gasteiger partial charge in [-0.1, -0.05) is 23.7 Å². The van der Waals surface area contributed by atoms with Gasteiger partial charge in [-0.25, -0.2) is 0 Å². The Labute approximate surface area is 107 Å². The Morgan fingerprint density at radius 2 is 1.76 bits per heavy atom. The van der Waals surface area contributed by atoms with E-state index in [0.29, 0.717) is 6.04 Å². The molecule has 2 rings (SSSR count). The fourth-order valence-electron chi connectivity index (χ4n) is 1.64. The Bertz CT molecular complexity index is 453. The normalized spacial score (nSPS) is 12.4. The molecule has 0 unspecified atom stereocenters. The standard InChI is InChI=1S/C14H15ClN2/c1-11(13-6-8-16-9-7-13)17-10-12-2-4-14(15)5-3-12/h2-9,11,17H,10H2,1H3/t11-/m1/s1. The number of nitrogens with zero attached hydrogens (tertiary/aromatic N) is 1. The first kappa shape index (κ1) is 12.1.